The molecular formula is C27H32N2O4. The van der Waals surface area contributed by atoms with E-state index < -0.39 is 0 Å². The van der Waals surface area contributed by atoms with Crippen LogP contribution in [0.25, 0.3) is 0 Å². The number of fused-ring (bicyclic) bond motifs is 1. The molecule has 1 aliphatic carbocycles. The Kier molecular flexibility index (Phi) is 6.84. The summed E-state index contributed by atoms with van der Waals surface area (Å²) in [7, 11) is 0. The highest BCUT2D eigenvalue weighted by atomic mass is 16.5. The van der Waals surface area contributed by atoms with E-state index in [1.807, 2.05) is 42.5 Å². The second-order valence-electron chi connectivity index (χ2n) is 9.24. The lowest BCUT2D eigenvalue weighted by Crippen LogP contribution is -2.61. The number of hydrogen-bond donors (Lipinski definition) is 2. The van der Waals surface area contributed by atoms with E-state index in [4.69, 9.17) is 4.74 Å². The zero-order chi connectivity index (χ0) is 23.4. The summed E-state index contributed by atoms with van der Waals surface area (Å²) in [4.78, 5) is 27.3. The quantitative estimate of drug-likeness (QED) is 0.521. The van der Waals surface area contributed by atoms with Gasteiger partial charge in [-0.25, -0.2) is 0 Å². The van der Waals surface area contributed by atoms with Gasteiger partial charge in [-0.15, -0.1) is 6.58 Å². The van der Waals surface area contributed by atoms with E-state index in [2.05, 4.69) is 16.8 Å². The van der Waals surface area contributed by atoms with Crippen LogP contribution in [0.5, 0.6) is 5.75 Å². The lowest BCUT2D eigenvalue weighted by atomic mass is 9.57. The van der Waals surface area contributed by atoms with Crippen LogP contribution in [0.2, 0.25) is 0 Å². The largest absolute Gasteiger partial charge is 0.508 e. The van der Waals surface area contributed by atoms with Gasteiger partial charge in [-0.1, -0.05) is 36.4 Å². The van der Waals surface area contributed by atoms with Crippen molar-refractivity contribution in [2.45, 2.75) is 43.7 Å². The van der Waals surface area contributed by atoms with Crippen molar-refractivity contribution < 1.29 is 19.4 Å². The van der Waals surface area contributed by atoms with Crippen LogP contribution in [0.15, 0.2) is 67.3 Å². The van der Waals surface area contributed by atoms with Crippen LogP contribution in [0.1, 0.15) is 42.1 Å². The molecule has 2 fully saturated rings. The fourth-order valence-corrected chi connectivity index (χ4v) is 5.73. The van der Waals surface area contributed by atoms with Gasteiger partial charge in [-0.3, -0.25) is 14.5 Å². The number of carbonyl (C=O) groups excluding carboxylic acids is 2. The van der Waals surface area contributed by atoms with Crippen molar-refractivity contribution in [3.63, 3.8) is 0 Å². The molecular weight excluding hydrogens is 416 g/mol. The van der Waals surface area contributed by atoms with Gasteiger partial charge in [0.1, 0.15) is 11.9 Å². The van der Waals surface area contributed by atoms with E-state index in [1.54, 1.807) is 18.2 Å². The Balaban J connectivity index is 1.70. The maximum atomic E-state index is 13.0. The van der Waals surface area contributed by atoms with E-state index in [-0.39, 0.29) is 41.1 Å². The van der Waals surface area contributed by atoms with Crippen LogP contribution < -0.4 is 5.32 Å². The van der Waals surface area contributed by atoms with Gasteiger partial charge >= 0.3 is 5.97 Å². The van der Waals surface area contributed by atoms with Crippen molar-refractivity contribution in [2.75, 3.05) is 19.6 Å². The number of phenolic OH excluding ortho intramolecular Hbond substituents is 1. The van der Waals surface area contributed by atoms with Crippen molar-refractivity contribution >= 4 is 11.9 Å². The van der Waals surface area contributed by atoms with Gasteiger partial charge in [0.25, 0.3) is 5.91 Å². The van der Waals surface area contributed by atoms with Crippen LogP contribution in [0.4, 0.5) is 0 Å². The average Bonchev–Trinajstić information content (AvgIpc) is 2.80. The molecule has 1 amide bonds. The Morgan fingerprint density at radius 3 is 2.73 bits per heavy atom. The number of aromatic hydroxyl groups is 1. The molecule has 2 aromatic carbocycles. The van der Waals surface area contributed by atoms with Crippen molar-refractivity contribution in [2.24, 2.45) is 5.92 Å². The van der Waals surface area contributed by atoms with E-state index in [0.29, 0.717) is 12.0 Å². The predicted molar refractivity (Wildman–Crippen MR) is 127 cm³/mol. The first-order valence-electron chi connectivity index (χ1n) is 11.6. The zero-order valence-electron chi connectivity index (χ0n) is 19.1. The van der Waals surface area contributed by atoms with Crippen molar-refractivity contribution in [3.8, 4) is 5.75 Å². The van der Waals surface area contributed by atoms with E-state index >= 15 is 0 Å². The number of benzene rings is 2. The van der Waals surface area contributed by atoms with E-state index in [9.17, 15) is 14.7 Å². The molecule has 33 heavy (non-hydrogen) atoms. The van der Waals surface area contributed by atoms with Gasteiger partial charge in [0.05, 0.1) is 0 Å². The standard InChI is InChI=1S/C27H32N2O4/c1-3-13-29-14-12-27(21-10-7-11-23(31)15-21)17-22(16-25(24(27)18-29)33-19(2)30)28-26(32)20-8-5-4-6-9-20/h3-11,15,22,24-25,31H,1,12-14,16-18H2,2H3,(H,28,32)/t22-,24+,25?,27+/m1/s1. The van der Waals surface area contributed by atoms with Gasteiger partial charge in [0.15, 0.2) is 0 Å². The van der Waals surface area contributed by atoms with Crippen molar-refractivity contribution in [1.82, 2.24) is 10.2 Å². The van der Waals surface area contributed by atoms with Gasteiger partial charge < -0.3 is 15.2 Å². The van der Waals surface area contributed by atoms with Crippen molar-refractivity contribution in [3.05, 3.63) is 78.4 Å². The minimum absolute atomic E-state index is 0.0433. The third-order valence-electron chi connectivity index (χ3n) is 7.11. The minimum Gasteiger partial charge on any atom is -0.508 e. The molecule has 6 heteroatoms. The number of nitrogens with zero attached hydrogens (tertiary/aromatic N) is 1. The molecule has 0 aromatic heterocycles. The van der Waals surface area contributed by atoms with E-state index in [1.165, 1.54) is 6.92 Å². The average molecular weight is 449 g/mol. The molecule has 4 rings (SSSR count). The molecule has 2 aliphatic rings. The third-order valence-corrected chi connectivity index (χ3v) is 7.11. The van der Waals surface area contributed by atoms with Crippen LogP contribution in [-0.2, 0) is 14.9 Å². The summed E-state index contributed by atoms with van der Waals surface area (Å²) in [6.45, 7) is 7.72. The first-order chi connectivity index (χ1) is 15.9. The summed E-state index contributed by atoms with van der Waals surface area (Å²) >= 11 is 0. The zero-order valence-corrected chi connectivity index (χ0v) is 19.1. The molecule has 4 atom stereocenters. The van der Waals surface area contributed by atoms with Crippen LogP contribution >= 0.6 is 0 Å². The number of nitrogens with one attached hydrogen (secondary N) is 1. The Morgan fingerprint density at radius 2 is 2.03 bits per heavy atom. The van der Waals surface area contributed by atoms with Crippen LogP contribution in [-0.4, -0.2) is 53.7 Å². The number of rotatable bonds is 6. The first kappa shape index (κ1) is 23.1. The Morgan fingerprint density at radius 1 is 1.24 bits per heavy atom. The summed E-state index contributed by atoms with van der Waals surface area (Å²) in [5.41, 5.74) is 1.31. The predicted octanol–water partition coefficient (Wildman–Crippen LogP) is 3.66. The molecule has 1 aliphatic heterocycles. The summed E-state index contributed by atoms with van der Waals surface area (Å²) in [6, 6.07) is 16.4. The molecule has 0 bridgehead atoms. The molecule has 0 spiro atoms. The normalized spacial score (nSPS) is 27.2. The second-order valence-corrected chi connectivity index (χ2v) is 9.24. The Bertz CT molecular complexity index is 1010. The number of likely N-dealkylation sites (tertiary alicyclic amines) is 1. The minimum atomic E-state index is -0.340. The number of amides is 1. The number of phenols is 1. The van der Waals surface area contributed by atoms with Gasteiger partial charge in [-0.05, 0) is 49.2 Å². The highest BCUT2D eigenvalue weighted by Crippen LogP contribution is 2.50. The Labute approximate surface area is 195 Å². The number of esters is 1. The molecule has 174 valence electrons. The molecule has 1 unspecified atom stereocenters. The van der Waals surface area contributed by atoms with Crippen LogP contribution in [0.3, 0.4) is 0 Å². The molecule has 2 aromatic rings. The molecule has 6 nitrogen and oxygen atoms in total. The maximum Gasteiger partial charge on any atom is 0.302 e. The molecule has 1 heterocycles. The summed E-state index contributed by atoms with van der Waals surface area (Å²) in [6.07, 6.45) is 3.68. The number of ether oxygens (including phenoxy) is 1. The third kappa shape index (κ3) is 4.96. The summed E-state index contributed by atoms with van der Waals surface area (Å²) < 4.78 is 5.88. The summed E-state index contributed by atoms with van der Waals surface area (Å²) in [5.74, 6) is -0.188. The summed E-state index contributed by atoms with van der Waals surface area (Å²) in [5, 5.41) is 13.5. The van der Waals surface area contributed by atoms with Crippen molar-refractivity contribution in [1.29, 1.82) is 0 Å². The lowest BCUT2D eigenvalue weighted by Gasteiger charge is -2.55. The SMILES string of the molecule is C=CCN1CC[C@@]2(c3cccc(O)c3)C[C@H](NC(=O)c3ccccc3)CC(OC(C)=O)[C@@H]2C1. The number of carbonyl (C=O) groups is 2. The maximum absolute atomic E-state index is 13.0. The van der Waals surface area contributed by atoms with Crippen LogP contribution in [0, 0.1) is 5.92 Å². The monoisotopic (exact) mass is 448 g/mol. The highest BCUT2D eigenvalue weighted by molar-refractivity contribution is 5.94. The van der Waals surface area contributed by atoms with E-state index in [0.717, 1.165) is 38.0 Å². The van der Waals surface area contributed by atoms with Gasteiger partial charge in [0, 0.05) is 49.4 Å². The smallest absolute Gasteiger partial charge is 0.302 e. The topological polar surface area (TPSA) is 78.9 Å². The first-order valence-corrected chi connectivity index (χ1v) is 11.6. The van der Waals surface area contributed by atoms with Gasteiger partial charge in [0.2, 0.25) is 0 Å². The Hall–Kier alpha value is -3.12. The second kappa shape index (κ2) is 9.79. The number of hydrogen-bond acceptors (Lipinski definition) is 5. The molecule has 2 N–H and O–H groups in total. The number of piperidine rings is 1. The molecule has 0 radical (unpaired) electrons. The molecule has 1 saturated heterocycles. The van der Waals surface area contributed by atoms with Gasteiger partial charge in [-0.2, -0.15) is 0 Å². The molecule has 1 saturated carbocycles. The lowest BCUT2D eigenvalue weighted by molar-refractivity contribution is -0.157. The highest BCUT2D eigenvalue weighted by Gasteiger charge is 2.53. The fourth-order valence-electron chi connectivity index (χ4n) is 5.73. The fraction of sp³-hybridized carbons (Fsp3) is 0.407.